The maximum atomic E-state index is 11.4. The van der Waals surface area contributed by atoms with Gasteiger partial charge in [0.15, 0.2) is 0 Å². The molecule has 1 aliphatic heterocycles. The van der Waals surface area contributed by atoms with Gasteiger partial charge in [0.05, 0.1) is 12.7 Å². The number of hydrogen-bond donors (Lipinski definition) is 2. The molecule has 1 aromatic rings. The first-order valence-electron chi connectivity index (χ1n) is 7.10. The molecular weight excluding hydrogens is 331 g/mol. The lowest BCUT2D eigenvalue weighted by Crippen LogP contribution is -2.34. The number of hydrogen-bond acceptors (Lipinski definition) is 5. The highest BCUT2D eigenvalue weighted by molar-refractivity contribution is 5.89. The first-order valence-corrected chi connectivity index (χ1v) is 7.10. The van der Waals surface area contributed by atoms with E-state index in [4.69, 9.17) is 14.6 Å². The van der Waals surface area contributed by atoms with E-state index >= 15 is 0 Å². The van der Waals surface area contributed by atoms with Crippen LogP contribution < -0.4 is 10.1 Å². The smallest absolute Gasteiger partial charge is 0.490 e. The number of piperidine rings is 1. The Hall–Kier alpha value is -2.29. The number of alkyl halides is 3. The van der Waals surface area contributed by atoms with E-state index in [1.165, 1.54) is 7.11 Å². The Labute approximate surface area is 136 Å². The SMILES string of the molecule is COC(=O)c1cccc(OC2CCNCC2)c1.O=C(O)C(F)(F)F. The van der Waals surface area contributed by atoms with Gasteiger partial charge in [-0.2, -0.15) is 13.2 Å². The molecule has 1 aromatic carbocycles. The molecule has 0 aromatic heterocycles. The first kappa shape index (κ1) is 19.8. The van der Waals surface area contributed by atoms with Gasteiger partial charge in [-0.15, -0.1) is 0 Å². The van der Waals surface area contributed by atoms with Crippen molar-refractivity contribution in [1.82, 2.24) is 5.32 Å². The maximum Gasteiger partial charge on any atom is 0.490 e. The van der Waals surface area contributed by atoms with Crippen molar-refractivity contribution in [2.75, 3.05) is 20.2 Å². The van der Waals surface area contributed by atoms with Crippen molar-refractivity contribution < 1.29 is 37.3 Å². The minimum Gasteiger partial charge on any atom is -0.490 e. The van der Waals surface area contributed by atoms with Crippen LogP contribution in [0, 0.1) is 0 Å². The van der Waals surface area contributed by atoms with Crippen molar-refractivity contribution >= 4 is 11.9 Å². The van der Waals surface area contributed by atoms with Gasteiger partial charge in [-0.1, -0.05) is 6.07 Å². The van der Waals surface area contributed by atoms with E-state index in [1.54, 1.807) is 12.1 Å². The van der Waals surface area contributed by atoms with Gasteiger partial charge < -0.3 is 19.9 Å². The summed E-state index contributed by atoms with van der Waals surface area (Å²) in [6, 6.07) is 7.13. The molecule has 0 atom stereocenters. The lowest BCUT2D eigenvalue weighted by molar-refractivity contribution is -0.192. The van der Waals surface area contributed by atoms with E-state index in [2.05, 4.69) is 10.1 Å². The molecule has 0 bridgehead atoms. The number of methoxy groups -OCH3 is 1. The Morgan fingerprint density at radius 2 is 1.83 bits per heavy atom. The minimum absolute atomic E-state index is 0.240. The summed E-state index contributed by atoms with van der Waals surface area (Å²) in [6.07, 6.45) is -2.84. The summed E-state index contributed by atoms with van der Waals surface area (Å²) in [5.74, 6) is -2.35. The van der Waals surface area contributed by atoms with Crippen molar-refractivity contribution in [2.24, 2.45) is 0 Å². The van der Waals surface area contributed by atoms with E-state index in [0.29, 0.717) is 5.56 Å². The van der Waals surface area contributed by atoms with Crippen molar-refractivity contribution in [3.63, 3.8) is 0 Å². The third-order valence-electron chi connectivity index (χ3n) is 3.09. The van der Waals surface area contributed by atoms with Crippen molar-refractivity contribution in [3.05, 3.63) is 29.8 Å². The van der Waals surface area contributed by atoms with Crippen LogP contribution in [0.25, 0.3) is 0 Å². The zero-order valence-electron chi connectivity index (χ0n) is 12.9. The number of aliphatic carboxylic acids is 1. The predicted molar refractivity (Wildman–Crippen MR) is 78.0 cm³/mol. The van der Waals surface area contributed by atoms with Crippen molar-refractivity contribution in [1.29, 1.82) is 0 Å². The summed E-state index contributed by atoms with van der Waals surface area (Å²) >= 11 is 0. The second kappa shape index (κ2) is 9.11. The zero-order chi connectivity index (χ0) is 18.2. The second-order valence-corrected chi connectivity index (χ2v) is 4.89. The molecular formula is C15H18F3NO5. The number of rotatable bonds is 3. The van der Waals surface area contributed by atoms with Gasteiger partial charge in [-0.25, -0.2) is 9.59 Å². The van der Waals surface area contributed by atoms with Crippen molar-refractivity contribution in [3.8, 4) is 5.75 Å². The van der Waals surface area contributed by atoms with Crippen molar-refractivity contribution in [2.45, 2.75) is 25.1 Å². The number of nitrogens with one attached hydrogen (secondary N) is 1. The molecule has 6 nitrogen and oxygen atoms in total. The monoisotopic (exact) mass is 349 g/mol. The third-order valence-corrected chi connectivity index (χ3v) is 3.09. The van der Waals surface area contributed by atoms with Gasteiger partial charge in [0, 0.05) is 0 Å². The molecule has 1 saturated heterocycles. The number of carboxylic acids is 1. The van der Waals surface area contributed by atoms with E-state index in [0.717, 1.165) is 31.7 Å². The van der Waals surface area contributed by atoms with Gasteiger partial charge in [0.1, 0.15) is 11.9 Å². The third kappa shape index (κ3) is 6.86. The molecule has 0 amide bonds. The first-order chi connectivity index (χ1) is 11.2. The molecule has 0 radical (unpaired) electrons. The van der Waals surface area contributed by atoms with Gasteiger partial charge in [-0.05, 0) is 44.1 Å². The fraction of sp³-hybridized carbons (Fsp3) is 0.467. The highest BCUT2D eigenvalue weighted by Gasteiger charge is 2.38. The van der Waals surface area contributed by atoms with Crippen LogP contribution in [0.1, 0.15) is 23.2 Å². The second-order valence-electron chi connectivity index (χ2n) is 4.89. The summed E-state index contributed by atoms with van der Waals surface area (Å²) in [5, 5.41) is 10.4. The molecule has 1 aliphatic rings. The van der Waals surface area contributed by atoms with E-state index in [1.807, 2.05) is 12.1 Å². The summed E-state index contributed by atoms with van der Waals surface area (Å²) in [6.45, 7) is 1.97. The molecule has 9 heteroatoms. The Bertz CT molecular complexity index is 556. The van der Waals surface area contributed by atoms with Crippen LogP contribution in [-0.2, 0) is 9.53 Å². The van der Waals surface area contributed by atoms with Crippen LogP contribution in [0.3, 0.4) is 0 Å². The molecule has 2 rings (SSSR count). The highest BCUT2D eigenvalue weighted by Crippen LogP contribution is 2.18. The predicted octanol–water partition coefficient (Wildman–Crippen LogP) is 2.24. The summed E-state index contributed by atoms with van der Waals surface area (Å²) < 4.78 is 42.3. The maximum absolute atomic E-state index is 11.4. The molecule has 134 valence electrons. The highest BCUT2D eigenvalue weighted by atomic mass is 19.4. The molecule has 0 saturated carbocycles. The number of carboxylic acid groups (broad SMARTS) is 1. The Morgan fingerprint density at radius 3 is 2.33 bits per heavy atom. The quantitative estimate of drug-likeness (QED) is 0.814. The number of carbonyl (C=O) groups excluding carboxylic acids is 1. The average Bonchev–Trinajstić information content (AvgIpc) is 2.55. The number of carbonyl (C=O) groups is 2. The Balaban J connectivity index is 0.000000351. The van der Waals surface area contributed by atoms with Crippen LogP contribution in [0.5, 0.6) is 5.75 Å². The molecule has 0 unspecified atom stereocenters. The normalized spacial score (nSPS) is 15.0. The topological polar surface area (TPSA) is 84.9 Å². The van der Waals surface area contributed by atoms with E-state index < -0.39 is 12.1 Å². The number of esters is 1. The lowest BCUT2D eigenvalue weighted by Gasteiger charge is -2.23. The fourth-order valence-corrected chi connectivity index (χ4v) is 1.92. The van der Waals surface area contributed by atoms with Gasteiger partial charge in [0.2, 0.25) is 0 Å². The standard InChI is InChI=1S/C13H17NO3.C2HF3O2/c1-16-13(15)10-3-2-4-12(9-10)17-11-5-7-14-8-6-11;3-2(4,5)1(6)7/h2-4,9,11,14H,5-8H2,1H3;(H,6,7). The number of halogens is 3. The van der Waals surface area contributed by atoms with E-state index in [9.17, 15) is 18.0 Å². The van der Waals surface area contributed by atoms with Gasteiger partial charge >= 0.3 is 18.1 Å². The van der Waals surface area contributed by atoms with Crippen LogP contribution in [-0.4, -0.2) is 49.5 Å². The summed E-state index contributed by atoms with van der Waals surface area (Å²) in [4.78, 5) is 20.3. The van der Waals surface area contributed by atoms with Gasteiger partial charge in [-0.3, -0.25) is 0 Å². The Kier molecular flexibility index (Phi) is 7.50. The summed E-state index contributed by atoms with van der Waals surface area (Å²) in [7, 11) is 1.38. The van der Waals surface area contributed by atoms with Crippen LogP contribution in [0.15, 0.2) is 24.3 Å². The van der Waals surface area contributed by atoms with Gasteiger partial charge in [0.25, 0.3) is 0 Å². The van der Waals surface area contributed by atoms with E-state index in [-0.39, 0.29) is 12.1 Å². The molecule has 0 aliphatic carbocycles. The number of ether oxygens (including phenoxy) is 2. The Morgan fingerprint density at radius 1 is 1.25 bits per heavy atom. The fourth-order valence-electron chi connectivity index (χ4n) is 1.92. The molecule has 1 heterocycles. The van der Waals surface area contributed by atoms with Crippen LogP contribution >= 0.6 is 0 Å². The number of benzene rings is 1. The lowest BCUT2D eigenvalue weighted by atomic mass is 10.1. The molecule has 2 N–H and O–H groups in total. The molecule has 1 fully saturated rings. The van der Waals surface area contributed by atoms with Crippen LogP contribution in [0.4, 0.5) is 13.2 Å². The summed E-state index contributed by atoms with van der Waals surface area (Å²) in [5.41, 5.74) is 0.527. The zero-order valence-corrected chi connectivity index (χ0v) is 12.9. The largest absolute Gasteiger partial charge is 0.490 e. The molecule has 0 spiro atoms. The molecule has 24 heavy (non-hydrogen) atoms. The minimum atomic E-state index is -5.08. The average molecular weight is 349 g/mol. The van der Waals surface area contributed by atoms with Crippen LogP contribution in [0.2, 0.25) is 0 Å².